The van der Waals surface area contributed by atoms with Crippen LogP contribution in [0.15, 0.2) is 5.16 Å². The van der Waals surface area contributed by atoms with Crippen LogP contribution < -0.4 is 24.6 Å². The molecule has 2 aliphatic rings. The molecule has 2 aliphatic heterocycles. The van der Waals surface area contributed by atoms with E-state index in [-0.39, 0.29) is 37.4 Å². The van der Waals surface area contributed by atoms with Crippen molar-refractivity contribution in [2.45, 2.75) is 38.2 Å². The molecular formula is C16H30LiN3O3-2. The van der Waals surface area contributed by atoms with Gasteiger partial charge in [-0.1, -0.05) is 23.9 Å². The van der Waals surface area contributed by atoms with Gasteiger partial charge in [0.1, 0.15) is 6.10 Å². The van der Waals surface area contributed by atoms with Crippen LogP contribution in [-0.4, -0.2) is 54.8 Å². The van der Waals surface area contributed by atoms with Crippen molar-refractivity contribution in [2.24, 2.45) is 16.8 Å². The van der Waals surface area contributed by atoms with Crippen LogP contribution in [0, 0.1) is 26.4 Å². The van der Waals surface area contributed by atoms with Crippen LogP contribution in [0.4, 0.5) is 0 Å². The van der Waals surface area contributed by atoms with E-state index in [9.17, 15) is 0 Å². The zero-order valence-electron chi connectivity index (χ0n) is 14.5. The maximum atomic E-state index is 7.62. The van der Waals surface area contributed by atoms with Gasteiger partial charge in [-0.3, -0.25) is 4.90 Å². The summed E-state index contributed by atoms with van der Waals surface area (Å²) < 4.78 is 5.90. The Morgan fingerprint density at radius 2 is 2.04 bits per heavy atom. The summed E-state index contributed by atoms with van der Waals surface area (Å²) in [4.78, 5) is 7.74. The molecule has 23 heavy (non-hydrogen) atoms. The fourth-order valence-corrected chi connectivity index (χ4v) is 2.47. The molecular weight excluding hydrogens is 289 g/mol. The number of oxime groups is 1. The van der Waals surface area contributed by atoms with Crippen molar-refractivity contribution < 1.29 is 33.5 Å². The number of rotatable bonds is 6. The third-order valence-corrected chi connectivity index (χ3v) is 3.62. The van der Waals surface area contributed by atoms with Crippen LogP contribution in [0.25, 0.3) is 0 Å². The van der Waals surface area contributed by atoms with Gasteiger partial charge in [-0.2, -0.15) is 6.42 Å². The van der Waals surface area contributed by atoms with E-state index in [2.05, 4.69) is 23.9 Å². The minimum atomic E-state index is 0. The number of aliphatic hydroxyl groups is 1. The number of piperidine rings is 1. The predicted molar refractivity (Wildman–Crippen MR) is 87.3 cm³/mol. The van der Waals surface area contributed by atoms with Gasteiger partial charge in [-0.05, 0) is 25.9 Å². The van der Waals surface area contributed by atoms with E-state index in [1.165, 1.54) is 32.4 Å². The summed E-state index contributed by atoms with van der Waals surface area (Å²) in [7, 11) is 0. The molecule has 0 radical (unpaired) electrons. The normalized spacial score (nSPS) is 22.4. The van der Waals surface area contributed by atoms with E-state index in [0.29, 0.717) is 12.5 Å². The first-order chi connectivity index (χ1) is 10.7. The monoisotopic (exact) mass is 319 g/mol. The molecule has 0 spiro atoms. The summed E-state index contributed by atoms with van der Waals surface area (Å²) in [6, 6.07) is 0. The summed E-state index contributed by atoms with van der Waals surface area (Å²) in [6.45, 7) is 12.9. The maximum Gasteiger partial charge on any atom is 1.00 e. The first kappa shape index (κ1) is 22.7. The molecule has 1 fully saturated rings. The number of nitrogens with zero attached hydrogens (tertiary/aromatic N) is 2. The average molecular weight is 319 g/mol. The van der Waals surface area contributed by atoms with Crippen molar-refractivity contribution in [1.82, 2.24) is 4.90 Å². The largest absolute Gasteiger partial charge is 1.00 e. The van der Waals surface area contributed by atoms with Gasteiger partial charge in [0.05, 0.1) is 0 Å². The van der Waals surface area contributed by atoms with E-state index in [0.717, 1.165) is 26.0 Å². The van der Waals surface area contributed by atoms with Gasteiger partial charge in [-0.25, -0.2) is 6.61 Å². The molecule has 0 amide bonds. The molecule has 1 saturated heterocycles. The minimum Gasteiger partial charge on any atom is -0.565 e. The standard InChI is InChI=1S/C14H24N2O2.C2H6NO.Li/c1-3-7-12(2)14-15-17-11-13(18-14)10-16-8-5-4-6-9-16;3-1-2-4;/h12-13H,1-11H2;2,4H,1,3H2;/q-2;-1;+1. The molecule has 2 atom stereocenters. The van der Waals surface area contributed by atoms with Crippen molar-refractivity contribution in [3.63, 3.8) is 0 Å². The zero-order valence-corrected chi connectivity index (χ0v) is 14.5. The van der Waals surface area contributed by atoms with Crippen molar-refractivity contribution in [3.05, 3.63) is 20.5 Å². The van der Waals surface area contributed by atoms with E-state index in [1.54, 1.807) is 0 Å². The van der Waals surface area contributed by atoms with Crippen LogP contribution in [0.2, 0.25) is 0 Å². The number of aliphatic hydroxyl groups excluding tert-OH is 1. The number of hydrogen-bond donors (Lipinski definition) is 2. The Kier molecular flexibility index (Phi) is 14.0. The molecule has 2 unspecified atom stereocenters. The van der Waals surface area contributed by atoms with Crippen LogP contribution in [-0.2, 0) is 9.57 Å². The first-order valence-corrected chi connectivity index (χ1v) is 8.08. The molecule has 0 aromatic carbocycles. The van der Waals surface area contributed by atoms with Crippen LogP contribution in [0.3, 0.4) is 0 Å². The summed E-state index contributed by atoms with van der Waals surface area (Å²) in [5.41, 5.74) is 4.72. The molecule has 0 aliphatic carbocycles. The van der Waals surface area contributed by atoms with Gasteiger partial charge < -0.3 is 34.3 Å². The number of likely N-dealkylation sites (tertiary alicyclic amines) is 1. The summed E-state index contributed by atoms with van der Waals surface area (Å²) in [6.07, 6.45) is 5.79. The smallest absolute Gasteiger partial charge is 0.565 e. The van der Waals surface area contributed by atoms with E-state index in [4.69, 9.17) is 20.4 Å². The Labute approximate surface area is 152 Å². The Bertz CT molecular complexity index is 311. The second kappa shape index (κ2) is 14.1. The second-order valence-corrected chi connectivity index (χ2v) is 5.58. The average Bonchev–Trinajstić information content (AvgIpc) is 2.56. The summed E-state index contributed by atoms with van der Waals surface area (Å²) in [5.74, 6) is 0.707. The van der Waals surface area contributed by atoms with E-state index >= 15 is 0 Å². The topological polar surface area (TPSA) is 80.3 Å². The maximum absolute atomic E-state index is 7.62. The molecule has 2 rings (SSSR count). The number of nitrogens with two attached hydrogens (primary N) is 1. The fraction of sp³-hybridized carbons (Fsp3) is 0.750. The van der Waals surface area contributed by atoms with Gasteiger partial charge in [0.2, 0.25) is 0 Å². The number of ether oxygens (including phenoxy) is 1. The third kappa shape index (κ3) is 9.58. The van der Waals surface area contributed by atoms with Crippen molar-refractivity contribution >= 4 is 5.90 Å². The van der Waals surface area contributed by atoms with Crippen LogP contribution >= 0.6 is 0 Å². The molecule has 0 bridgehead atoms. The molecule has 6 nitrogen and oxygen atoms in total. The predicted octanol–water partition coefficient (Wildman–Crippen LogP) is -1.25. The second-order valence-electron chi connectivity index (χ2n) is 5.58. The van der Waals surface area contributed by atoms with Crippen LogP contribution in [0.5, 0.6) is 0 Å². The molecule has 0 aromatic heterocycles. The third-order valence-electron chi connectivity index (χ3n) is 3.62. The quantitative estimate of drug-likeness (QED) is 0.472. The molecule has 3 N–H and O–H groups in total. The zero-order chi connectivity index (χ0) is 16.2. The van der Waals surface area contributed by atoms with Gasteiger partial charge >= 0.3 is 18.9 Å². The molecule has 130 valence electrons. The fourth-order valence-electron chi connectivity index (χ4n) is 2.47. The summed E-state index contributed by atoms with van der Waals surface area (Å²) >= 11 is 0. The van der Waals surface area contributed by atoms with Crippen molar-refractivity contribution in [3.8, 4) is 0 Å². The molecule has 2 heterocycles. The Balaban J connectivity index is 0.000000871. The van der Waals surface area contributed by atoms with E-state index in [1.807, 2.05) is 0 Å². The summed E-state index contributed by atoms with van der Waals surface area (Å²) in [5, 5.41) is 11.6. The van der Waals surface area contributed by atoms with Gasteiger partial charge in [0.25, 0.3) is 0 Å². The first-order valence-electron chi connectivity index (χ1n) is 8.08. The number of hydrogen-bond acceptors (Lipinski definition) is 6. The van der Waals surface area contributed by atoms with E-state index < -0.39 is 0 Å². The Morgan fingerprint density at radius 1 is 1.39 bits per heavy atom. The van der Waals surface area contributed by atoms with Crippen molar-refractivity contribution in [1.29, 1.82) is 0 Å². The Hall–Kier alpha value is -0.253. The molecule has 0 saturated carbocycles. The molecule has 7 heteroatoms. The SMILES string of the molecule is NC[CH-]O.[CH2-]CCC([CH2-])C1=NOCC(CN2CCCCC2)O1.[Li+]. The van der Waals surface area contributed by atoms with Crippen molar-refractivity contribution in [2.75, 3.05) is 32.8 Å². The Morgan fingerprint density at radius 3 is 2.61 bits per heavy atom. The van der Waals surface area contributed by atoms with Gasteiger partial charge in [0.15, 0.2) is 12.5 Å². The molecule has 0 aromatic rings. The minimum absolute atomic E-state index is 0. The van der Waals surface area contributed by atoms with Gasteiger partial charge in [-0.15, -0.1) is 6.54 Å². The van der Waals surface area contributed by atoms with Crippen LogP contribution in [0.1, 0.15) is 32.1 Å². The van der Waals surface area contributed by atoms with Gasteiger partial charge in [0, 0.05) is 6.54 Å².